The third-order valence-corrected chi connectivity index (χ3v) is 5.65. The van der Waals surface area contributed by atoms with Gasteiger partial charge in [0.15, 0.2) is 0 Å². The number of hydrogen-bond donors (Lipinski definition) is 2. The third-order valence-electron chi connectivity index (χ3n) is 4.44. The van der Waals surface area contributed by atoms with Gasteiger partial charge in [-0.15, -0.1) is 10.2 Å². The van der Waals surface area contributed by atoms with Gasteiger partial charge in [-0.1, -0.05) is 65.4 Å². The van der Waals surface area contributed by atoms with Crippen molar-refractivity contribution < 1.29 is 19.1 Å². The summed E-state index contributed by atoms with van der Waals surface area (Å²) in [6, 6.07) is 22.3. The molecular formula is C24H16ClN5O4S. The first-order valence-electron chi connectivity index (χ1n) is 10.1. The van der Waals surface area contributed by atoms with E-state index < -0.39 is 17.8 Å². The summed E-state index contributed by atoms with van der Waals surface area (Å²) in [7, 11) is 0. The van der Waals surface area contributed by atoms with Crippen molar-refractivity contribution in [2.24, 2.45) is 5.10 Å². The second-order valence-corrected chi connectivity index (χ2v) is 8.25. The molecule has 2 N–H and O–H groups in total. The van der Waals surface area contributed by atoms with E-state index >= 15 is 0 Å². The molecule has 9 nitrogen and oxygen atoms in total. The lowest BCUT2D eigenvalue weighted by Crippen LogP contribution is -2.32. The van der Waals surface area contributed by atoms with E-state index in [1.807, 2.05) is 30.3 Å². The van der Waals surface area contributed by atoms with Crippen LogP contribution in [0.1, 0.15) is 15.9 Å². The van der Waals surface area contributed by atoms with Crippen molar-refractivity contribution in [3.63, 3.8) is 0 Å². The van der Waals surface area contributed by atoms with Crippen LogP contribution in [0.3, 0.4) is 0 Å². The number of ether oxygens (including phenoxy) is 1. The minimum atomic E-state index is -0.969. The Hall–Kier alpha value is -4.41. The number of aromatic nitrogens is 2. The maximum absolute atomic E-state index is 12.2. The molecule has 174 valence electrons. The SMILES string of the molecule is O=C(NN=Cc1ccc(OC(=O)c2ccccc2Cl)cc1)C(=O)Nc1nnc(-c2ccccc2)s1. The van der Waals surface area contributed by atoms with Gasteiger partial charge in [0, 0.05) is 5.56 Å². The molecule has 0 aliphatic rings. The molecule has 0 unspecified atom stereocenters. The standard InChI is InChI=1S/C24H16ClN5O4S/c25-19-9-5-4-8-18(19)23(33)34-17-12-10-15(11-13-17)14-26-28-21(32)20(31)27-24-30-29-22(35-24)16-6-2-1-3-7-16/h1-14H,(H,28,32)(H,27,30,31). The van der Waals surface area contributed by atoms with E-state index in [1.165, 1.54) is 6.21 Å². The molecule has 0 spiro atoms. The molecule has 0 saturated heterocycles. The number of hydrazone groups is 1. The van der Waals surface area contributed by atoms with Crippen LogP contribution in [0.5, 0.6) is 5.75 Å². The van der Waals surface area contributed by atoms with Gasteiger partial charge in [0.05, 0.1) is 16.8 Å². The van der Waals surface area contributed by atoms with Crippen molar-refractivity contribution in [2.45, 2.75) is 0 Å². The second-order valence-electron chi connectivity index (χ2n) is 6.87. The minimum absolute atomic E-state index is 0.190. The largest absolute Gasteiger partial charge is 0.423 e. The van der Waals surface area contributed by atoms with Crippen LogP contribution in [-0.2, 0) is 9.59 Å². The van der Waals surface area contributed by atoms with Crippen LogP contribution in [0.25, 0.3) is 10.6 Å². The molecule has 0 saturated carbocycles. The van der Waals surface area contributed by atoms with Crippen molar-refractivity contribution in [2.75, 3.05) is 5.32 Å². The summed E-state index contributed by atoms with van der Waals surface area (Å²) in [4.78, 5) is 36.3. The van der Waals surface area contributed by atoms with Gasteiger partial charge in [-0.25, -0.2) is 10.2 Å². The Morgan fingerprint density at radius 1 is 0.886 bits per heavy atom. The molecule has 2 amide bonds. The zero-order valence-electron chi connectivity index (χ0n) is 17.8. The highest BCUT2D eigenvalue weighted by Crippen LogP contribution is 2.25. The summed E-state index contributed by atoms with van der Waals surface area (Å²) in [5.74, 6) is -2.17. The number of anilines is 1. The maximum atomic E-state index is 12.2. The van der Waals surface area contributed by atoms with E-state index in [1.54, 1.807) is 48.5 Å². The molecule has 1 heterocycles. The van der Waals surface area contributed by atoms with E-state index in [0.29, 0.717) is 21.3 Å². The van der Waals surface area contributed by atoms with Crippen LogP contribution in [0.2, 0.25) is 5.02 Å². The Balaban J connectivity index is 1.27. The first-order valence-corrected chi connectivity index (χ1v) is 11.3. The monoisotopic (exact) mass is 505 g/mol. The number of nitrogens with one attached hydrogen (secondary N) is 2. The number of esters is 1. The van der Waals surface area contributed by atoms with Crippen LogP contribution in [-0.4, -0.2) is 34.2 Å². The number of benzene rings is 3. The van der Waals surface area contributed by atoms with Crippen molar-refractivity contribution in [3.8, 4) is 16.3 Å². The van der Waals surface area contributed by atoms with Gasteiger partial charge in [0.1, 0.15) is 10.8 Å². The molecule has 11 heteroatoms. The molecule has 35 heavy (non-hydrogen) atoms. The van der Waals surface area contributed by atoms with Gasteiger partial charge in [-0.3, -0.25) is 14.9 Å². The lowest BCUT2D eigenvalue weighted by atomic mass is 10.2. The number of nitrogens with zero attached hydrogens (tertiary/aromatic N) is 3. The average Bonchev–Trinajstić information content (AvgIpc) is 3.34. The molecule has 0 aliphatic heterocycles. The number of carbonyl (C=O) groups is 3. The zero-order valence-corrected chi connectivity index (χ0v) is 19.4. The fourth-order valence-corrected chi connectivity index (χ4v) is 3.71. The molecule has 0 aliphatic carbocycles. The minimum Gasteiger partial charge on any atom is -0.423 e. The number of halogens is 1. The van der Waals surface area contributed by atoms with Crippen LogP contribution >= 0.6 is 22.9 Å². The van der Waals surface area contributed by atoms with Crippen LogP contribution in [0.15, 0.2) is 84.0 Å². The summed E-state index contributed by atoms with van der Waals surface area (Å²) >= 11 is 7.14. The molecule has 0 bridgehead atoms. The van der Waals surface area contributed by atoms with Crippen molar-refractivity contribution >= 4 is 52.1 Å². The van der Waals surface area contributed by atoms with E-state index in [0.717, 1.165) is 16.9 Å². The number of amides is 2. The van der Waals surface area contributed by atoms with E-state index in [9.17, 15) is 14.4 Å². The zero-order chi connectivity index (χ0) is 24.6. The summed E-state index contributed by atoms with van der Waals surface area (Å²) in [5.41, 5.74) is 3.84. The van der Waals surface area contributed by atoms with Gasteiger partial charge in [-0.2, -0.15) is 5.10 Å². The molecule has 0 atom stereocenters. The second kappa shape index (κ2) is 11.1. The Morgan fingerprint density at radius 2 is 1.60 bits per heavy atom. The Morgan fingerprint density at radius 3 is 2.34 bits per heavy atom. The maximum Gasteiger partial charge on any atom is 0.345 e. The summed E-state index contributed by atoms with van der Waals surface area (Å²) in [6.45, 7) is 0. The quantitative estimate of drug-likeness (QED) is 0.133. The Bertz CT molecular complexity index is 1390. The third kappa shape index (κ3) is 6.34. The molecule has 1 aromatic heterocycles. The smallest absolute Gasteiger partial charge is 0.345 e. The molecular weight excluding hydrogens is 490 g/mol. The van der Waals surface area contributed by atoms with Crippen molar-refractivity contribution in [3.05, 3.63) is 95.0 Å². The van der Waals surface area contributed by atoms with Crippen molar-refractivity contribution in [1.82, 2.24) is 15.6 Å². The summed E-state index contributed by atoms with van der Waals surface area (Å²) in [5, 5.41) is 15.1. The molecule has 4 aromatic rings. The Kier molecular flexibility index (Phi) is 7.56. The van der Waals surface area contributed by atoms with E-state index in [2.05, 4.69) is 26.0 Å². The van der Waals surface area contributed by atoms with Crippen molar-refractivity contribution in [1.29, 1.82) is 0 Å². The van der Waals surface area contributed by atoms with Gasteiger partial charge in [0.2, 0.25) is 5.13 Å². The highest BCUT2D eigenvalue weighted by Gasteiger charge is 2.16. The topological polar surface area (TPSA) is 123 Å². The van der Waals surface area contributed by atoms with Gasteiger partial charge < -0.3 is 4.74 Å². The lowest BCUT2D eigenvalue weighted by molar-refractivity contribution is -0.136. The molecule has 3 aromatic carbocycles. The molecule has 0 fully saturated rings. The van der Waals surface area contributed by atoms with E-state index in [4.69, 9.17) is 16.3 Å². The van der Waals surface area contributed by atoms with Crippen LogP contribution in [0, 0.1) is 0 Å². The summed E-state index contributed by atoms with van der Waals surface area (Å²) < 4.78 is 5.30. The number of rotatable bonds is 6. The first-order chi connectivity index (χ1) is 17.0. The lowest BCUT2D eigenvalue weighted by Gasteiger charge is -2.05. The normalized spacial score (nSPS) is 10.7. The number of hydrogen-bond acceptors (Lipinski definition) is 8. The molecule has 4 rings (SSSR count). The highest BCUT2D eigenvalue weighted by atomic mass is 35.5. The van der Waals surface area contributed by atoms with E-state index in [-0.39, 0.29) is 10.7 Å². The van der Waals surface area contributed by atoms with Crippen LogP contribution in [0.4, 0.5) is 5.13 Å². The predicted molar refractivity (Wildman–Crippen MR) is 133 cm³/mol. The van der Waals surface area contributed by atoms with Gasteiger partial charge in [-0.05, 0) is 42.0 Å². The van der Waals surface area contributed by atoms with Crippen LogP contribution < -0.4 is 15.5 Å². The Labute approximate surface area is 208 Å². The molecule has 0 radical (unpaired) electrons. The number of carbonyl (C=O) groups excluding carboxylic acids is 3. The fraction of sp³-hybridized carbons (Fsp3) is 0. The summed E-state index contributed by atoms with van der Waals surface area (Å²) in [6.07, 6.45) is 1.34. The van der Waals surface area contributed by atoms with Gasteiger partial charge >= 0.3 is 17.8 Å². The fourth-order valence-electron chi connectivity index (χ4n) is 2.75. The van der Waals surface area contributed by atoms with Gasteiger partial charge in [0.25, 0.3) is 0 Å². The average molecular weight is 506 g/mol. The highest BCUT2D eigenvalue weighted by molar-refractivity contribution is 7.18. The first kappa shape index (κ1) is 23.7. The predicted octanol–water partition coefficient (Wildman–Crippen LogP) is 4.17.